The lowest BCUT2D eigenvalue weighted by atomic mass is 10.1. The smallest absolute Gasteiger partial charge is 0.125 e. The van der Waals surface area contributed by atoms with Gasteiger partial charge in [-0.25, -0.2) is 0 Å². The van der Waals surface area contributed by atoms with E-state index in [1.165, 1.54) is 0 Å². The van der Waals surface area contributed by atoms with Gasteiger partial charge in [0.05, 0.1) is 35.4 Å². The predicted octanol–water partition coefficient (Wildman–Crippen LogP) is 2.91. The molecule has 2 heterocycles. The number of furan rings is 1. The molecule has 1 atom stereocenters. The highest BCUT2D eigenvalue weighted by atomic mass is 16.3. The molecular formula is C13H14N4O. The van der Waals surface area contributed by atoms with Crippen LogP contribution >= 0.6 is 0 Å². The number of hydrogen-bond acceptors (Lipinski definition) is 4. The first kappa shape index (κ1) is 10.7. The number of aromatic amines is 1. The number of fused-ring (bicyclic) bond motifs is 1. The molecular weight excluding hydrogens is 228 g/mol. The molecule has 0 amide bonds. The Kier molecular flexibility index (Phi) is 2.44. The van der Waals surface area contributed by atoms with Crippen molar-refractivity contribution in [2.45, 2.75) is 13.0 Å². The Morgan fingerprint density at radius 2 is 2.33 bits per heavy atom. The van der Waals surface area contributed by atoms with Gasteiger partial charge in [-0.2, -0.15) is 5.10 Å². The molecule has 0 radical (unpaired) electrons. The number of anilines is 2. The molecule has 0 saturated carbocycles. The highest BCUT2D eigenvalue weighted by Crippen LogP contribution is 2.28. The highest BCUT2D eigenvalue weighted by Gasteiger charge is 2.10. The monoisotopic (exact) mass is 242 g/mol. The first-order chi connectivity index (χ1) is 8.74. The van der Waals surface area contributed by atoms with Crippen LogP contribution in [0, 0.1) is 0 Å². The summed E-state index contributed by atoms with van der Waals surface area (Å²) in [6, 6.07) is 7.72. The molecule has 0 bridgehead atoms. The van der Waals surface area contributed by atoms with Gasteiger partial charge in [-0.05, 0) is 31.2 Å². The van der Waals surface area contributed by atoms with Crippen LogP contribution in [-0.2, 0) is 0 Å². The second-order valence-electron chi connectivity index (χ2n) is 4.28. The van der Waals surface area contributed by atoms with E-state index in [4.69, 9.17) is 10.2 Å². The lowest BCUT2D eigenvalue weighted by molar-refractivity contribution is 0.490. The third-order valence-electron chi connectivity index (χ3n) is 2.95. The molecule has 3 aromatic rings. The molecule has 3 rings (SSSR count). The SMILES string of the molecule is CC(Nc1cc2[nH]ncc2cc1N)c1ccco1. The number of hydrogen-bond donors (Lipinski definition) is 3. The standard InChI is InChI=1S/C13H14N4O/c1-8(13-3-2-4-18-13)16-12-6-11-9(5-10(12)14)7-15-17-11/h2-8,16H,14H2,1H3,(H,15,17). The van der Waals surface area contributed by atoms with Gasteiger partial charge in [0.2, 0.25) is 0 Å². The topological polar surface area (TPSA) is 79.9 Å². The summed E-state index contributed by atoms with van der Waals surface area (Å²) >= 11 is 0. The summed E-state index contributed by atoms with van der Waals surface area (Å²) in [4.78, 5) is 0. The zero-order chi connectivity index (χ0) is 12.5. The first-order valence-electron chi connectivity index (χ1n) is 5.76. The lowest BCUT2D eigenvalue weighted by Gasteiger charge is -2.14. The fourth-order valence-corrected chi connectivity index (χ4v) is 1.98. The summed E-state index contributed by atoms with van der Waals surface area (Å²) in [6.45, 7) is 2.02. The Morgan fingerprint density at radius 1 is 1.44 bits per heavy atom. The maximum Gasteiger partial charge on any atom is 0.125 e. The Morgan fingerprint density at radius 3 is 3.11 bits per heavy atom. The van der Waals surface area contributed by atoms with E-state index in [1.54, 1.807) is 12.5 Å². The van der Waals surface area contributed by atoms with Crippen LogP contribution in [0.5, 0.6) is 0 Å². The predicted molar refractivity (Wildman–Crippen MR) is 71.3 cm³/mol. The van der Waals surface area contributed by atoms with Gasteiger partial charge in [0.1, 0.15) is 5.76 Å². The van der Waals surface area contributed by atoms with Crippen molar-refractivity contribution in [3.8, 4) is 0 Å². The molecule has 1 aromatic carbocycles. The molecule has 0 aliphatic carbocycles. The Labute approximate surface area is 104 Å². The van der Waals surface area contributed by atoms with Crippen LogP contribution in [0.25, 0.3) is 10.9 Å². The molecule has 0 spiro atoms. The average Bonchev–Trinajstić information content (AvgIpc) is 2.98. The number of rotatable bonds is 3. The molecule has 1 unspecified atom stereocenters. The van der Waals surface area contributed by atoms with E-state index in [-0.39, 0.29) is 6.04 Å². The van der Waals surface area contributed by atoms with Crippen molar-refractivity contribution in [2.24, 2.45) is 0 Å². The third-order valence-corrected chi connectivity index (χ3v) is 2.95. The summed E-state index contributed by atoms with van der Waals surface area (Å²) in [7, 11) is 0. The highest BCUT2D eigenvalue weighted by molar-refractivity contribution is 5.88. The second kappa shape index (κ2) is 4.10. The van der Waals surface area contributed by atoms with Crippen LogP contribution in [0.2, 0.25) is 0 Å². The van der Waals surface area contributed by atoms with Crippen molar-refractivity contribution in [3.05, 3.63) is 42.5 Å². The van der Waals surface area contributed by atoms with E-state index in [0.29, 0.717) is 5.69 Å². The fourth-order valence-electron chi connectivity index (χ4n) is 1.98. The van der Waals surface area contributed by atoms with Crippen LogP contribution in [-0.4, -0.2) is 10.2 Å². The van der Waals surface area contributed by atoms with Crippen molar-refractivity contribution in [3.63, 3.8) is 0 Å². The zero-order valence-electron chi connectivity index (χ0n) is 9.97. The van der Waals surface area contributed by atoms with Gasteiger partial charge in [0, 0.05) is 5.39 Å². The maximum atomic E-state index is 6.01. The van der Waals surface area contributed by atoms with Crippen molar-refractivity contribution < 1.29 is 4.42 Å². The summed E-state index contributed by atoms with van der Waals surface area (Å²) < 4.78 is 5.36. The molecule has 0 fully saturated rings. The molecule has 18 heavy (non-hydrogen) atoms. The molecule has 0 aliphatic rings. The van der Waals surface area contributed by atoms with E-state index in [2.05, 4.69) is 15.5 Å². The number of nitrogens with two attached hydrogens (primary N) is 1. The van der Waals surface area contributed by atoms with Crippen LogP contribution in [0.15, 0.2) is 41.1 Å². The van der Waals surface area contributed by atoms with E-state index in [0.717, 1.165) is 22.4 Å². The lowest BCUT2D eigenvalue weighted by Crippen LogP contribution is -2.07. The fraction of sp³-hybridized carbons (Fsp3) is 0.154. The summed E-state index contributed by atoms with van der Waals surface area (Å²) in [5.74, 6) is 0.874. The Balaban J connectivity index is 1.92. The quantitative estimate of drug-likeness (QED) is 0.617. The second-order valence-corrected chi connectivity index (χ2v) is 4.28. The number of H-pyrrole nitrogens is 1. The van der Waals surface area contributed by atoms with E-state index < -0.39 is 0 Å². The van der Waals surface area contributed by atoms with Gasteiger partial charge in [-0.1, -0.05) is 0 Å². The van der Waals surface area contributed by atoms with Crippen molar-refractivity contribution in [2.75, 3.05) is 11.1 Å². The van der Waals surface area contributed by atoms with Gasteiger partial charge in [-0.3, -0.25) is 5.10 Å². The minimum atomic E-state index is 0.0580. The largest absolute Gasteiger partial charge is 0.467 e. The summed E-state index contributed by atoms with van der Waals surface area (Å²) in [6.07, 6.45) is 3.42. The van der Waals surface area contributed by atoms with Crippen LogP contribution in [0.4, 0.5) is 11.4 Å². The zero-order valence-corrected chi connectivity index (χ0v) is 9.97. The molecule has 0 aliphatic heterocycles. The van der Waals surface area contributed by atoms with Gasteiger partial charge in [-0.15, -0.1) is 0 Å². The van der Waals surface area contributed by atoms with Gasteiger partial charge >= 0.3 is 0 Å². The van der Waals surface area contributed by atoms with Crippen LogP contribution in [0.1, 0.15) is 18.7 Å². The van der Waals surface area contributed by atoms with E-state index >= 15 is 0 Å². The van der Waals surface area contributed by atoms with Gasteiger partial charge in [0.25, 0.3) is 0 Å². The minimum absolute atomic E-state index is 0.0580. The van der Waals surface area contributed by atoms with Crippen molar-refractivity contribution in [1.82, 2.24) is 10.2 Å². The number of nitrogen functional groups attached to an aromatic ring is 1. The maximum absolute atomic E-state index is 6.01. The molecule has 0 saturated heterocycles. The van der Waals surface area contributed by atoms with E-state index in [1.807, 2.05) is 31.2 Å². The van der Waals surface area contributed by atoms with Crippen molar-refractivity contribution in [1.29, 1.82) is 0 Å². The average molecular weight is 242 g/mol. The summed E-state index contributed by atoms with van der Waals surface area (Å²) in [5.41, 5.74) is 8.54. The van der Waals surface area contributed by atoms with E-state index in [9.17, 15) is 0 Å². The molecule has 5 nitrogen and oxygen atoms in total. The number of nitrogens with zero attached hydrogens (tertiary/aromatic N) is 1. The number of benzene rings is 1. The molecule has 92 valence electrons. The normalized spacial score (nSPS) is 12.7. The minimum Gasteiger partial charge on any atom is -0.467 e. The summed E-state index contributed by atoms with van der Waals surface area (Å²) in [5, 5.41) is 11.2. The number of nitrogens with one attached hydrogen (secondary N) is 2. The Bertz CT molecular complexity index is 657. The van der Waals surface area contributed by atoms with Gasteiger partial charge < -0.3 is 15.5 Å². The van der Waals surface area contributed by atoms with Crippen LogP contribution < -0.4 is 11.1 Å². The molecule has 4 N–H and O–H groups in total. The van der Waals surface area contributed by atoms with Crippen LogP contribution in [0.3, 0.4) is 0 Å². The first-order valence-corrected chi connectivity index (χ1v) is 5.76. The Hall–Kier alpha value is -2.43. The van der Waals surface area contributed by atoms with Gasteiger partial charge in [0.15, 0.2) is 0 Å². The third kappa shape index (κ3) is 1.79. The molecule has 2 aromatic heterocycles. The number of aromatic nitrogens is 2. The molecule has 5 heteroatoms. The van der Waals surface area contributed by atoms with Crippen molar-refractivity contribution >= 4 is 22.3 Å².